The summed E-state index contributed by atoms with van der Waals surface area (Å²) < 4.78 is 12.8. The molecule has 0 spiro atoms. The molecule has 144 valence electrons. The van der Waals surface area contributed by atoms with E-state index < -0.39 is 0 Å². The van der Waals surface area contributed by atoms with E-state index in [0.29, 0.717) is 28.7 Å². The minimum atomic E-state index is 0.430. The summed E-state index contributed by atoms with van der Waals surface area (Å²) in [6.45, 7) is 0. The van der Waals surface area contributed by atoms with Crippen LogP contribution in [0.2, 0.25) is 0 Å². The van der Waals surface area contributed by atoms with Crippen molar-refractivity contribution in [3.05, 3.63) is 73.3 Å². The summed E-state index contributed by atoms with van der Waals surface area (Å²) in [6.07, 6.45) is 4.84. The predicted molar refractivity (Wildman–Crippen MR) is 108 cm³/mol. The topological polar surface area (TPSA) is 108 Å². The van der Waals surface area contributed by atoms with E-state index >= 15 is 0 Å². The van der Waals surface area contributed by atoms with Crippen LogP contribution in [0.5, 0.6) is 11.6 Å². The highest BCUT2D eigenvalue weighted by molar-refractivity contribution is 5.84. The second-order valence-corrected chi connectivity index (χ2v) is 6.57. The fourth-order valence-electron chi connectivity index (χ4n) is 3.43. The molecule has 0 aliphatic rings. The first-order chi connectivity index (χ1) is 14.9. The molecule has 0 unspecified atom stereocenters. The van der Waals surface area contributed by atoms with Crippen LogP contribution in [0.1, 0.15) is 0 Å². The second-order valence-electron chi connectivity index (χ2n) is 6.57. The highest BCUT2D eigenvalue weighted by atomic mass is 16.6. The van der Waals surface area contributed by atoms with E-state index in [1.165, 1.54) is 6.20 Å². The van der Waals surface area contributed by atoms with Crippen molar-refractivity contribution in [3.8, 4) is 28.8 Å². The quantitative estimate of drug-likeness (QED) is 0.478. The van der Waals surface area contributed by atoms with E-state index in [1.807, 2.05) is 59.2 Å². The summed E-state index contributed by atoms with van der Waals surface area (Å²) in [4.78, 5) is 16.5. The van der Waals surface area contributed by atoms with Crippen LogP contribution < -0.4 is 4.74 Å². The van der Waals surface area contributed by atoms with E-state index in [2.05, 4.69) is 30.2 Å². The number of benzene rings is 2. The van der Waals surface area contributed by atoms with Gasteiger partial charge in [-0.25, -0.2) is 19.6 Å². The van der Waals surface area contributed by atoms with Gasteiger partial charge in [0.25, 0.3) is 0 Å². The number of para-hydroxylation sites is 2. The standard InChI is InChI=1S/C21H13N7O2/c1-2-5-13(6-3-1)28-17-9-19(29-18-8-4-7-14-20(18)24-12-23-14)22-10-15(17)26-21(28)16-11-25-30-27-16/h1-12H,(H,23,24). The highest BCUT2D eigenvalue weighted by Crippen LogP contribution is 2.31. The molecule has 2 aromatic carbocycles. The van der Waals surface area contributed by atoms with Crippen molar-refractivity contribution in [1.82, 2.24) is 34.8 Å². The molecule has 0 bridgehead atoms. The molecule has 0 saturated carbocycles. The Bertz CT molecular complexity index is 1470. The van der Waals surface area contributed by atoms with E-state index in [1.54, 1.807) is 12.5 Å². The second kappa shape index (κ2) is 6.52. The molecule has 9 heteroatoms. The van der Waals surface area contributed by atoms with Crippen LogP contribution in [0.15, 0.2) is 77.9 Å². The van der Waals surface area contributed by atoms with Gasteiger partial charge < -0.3 is 9.72 Å². The number of rotatable bonds is 4. The minimum absolute atomic E-state index is 0.430. The van der Waals surface area contributed by atoms with Gasteiger partial charge in [0.2, 0.25) is 5.88 Å². The third kappa shape index (κ3) is 2.60. The molecule has 4 heterocycles. The van der Waals surface area contributed by atoms with Crippen molar-refractivity contribution in [2.75, 3.05) is 0 Å². The fraction of sp³-hybridized carbons (Fsp3) is 0. The number of H-pyrrole nitrogens is 1. The Balaban J connectivity index is 1.53. The maximum absolute atomic E-state index is 6.07. The molecule has 30 heavy (non-hydrogen) atoms. The number of imidazole rings is 2. The van der Waals surface area contributed by atoms with E-state index in [0.717, 1.165) is 22.2 Å². The van der Waals surface area contributed by atoms with Gasteiger partial charge in [-0.15, -0.1) is 0 Å². The molecule has 0 radical (unpaired) electrons. The molecule has 0 aliphatic heterocycles. The molecule has 9 nitrogen and oxygen atoms in total. The average Bonchev–Trinajstić information content (AvgIpc) is 3.53. The van der Waals surface area contributed by atoms with Crippen LogP contribution in [0.4, 0.5) is 0 Å². The number of ether oxygens (including phenoxy) is 1. The zero-order valence-corrected chi connectivity index (χ0v) is 15.4. The van der Waals surface area contributed by atoms with Gasteiger partial charge in [0.05, 0.1) is 23.6 Å². The normalized spacial score (nSPS) is 11.3. The average molecular weight is 395 g/mol. The lowest BCUT2D eigenvalue weighted by Crippen LogP contribution is -1.98. The Kier molecular flexibility index (Phi) is 3.57. The molecule has 4 aromatic heterocycles. The van der Waals surface area contributed by atoms with E-state index in [-0.39, 0.29) is 0 Å². The molecular weight excluding hydrogens is 382 g/mol. The zero-order valence-electron chi connectivity index (χ0n) is 15.4. The number of hydrogen-bond donors (Lipinski definition) is 1. The summed E-state index contributed by atoms with van der Waals surface area (Å²) in [5.74, 6) is 1.65. The third-order valence-corrected chi connectivity index (χ3v) is 4.75. The fourth-order valence-corrected chi connectivity index (χ4v) is 3.43. The lowest BCUT2D eigenvalue weighted by Gasteiger charge is -2.09. The van der Waals surface area contributed by atoms with Crippen LogP contribution in [0, 0.1) is 0 Å². The molecular formula is C21H13N7O2. The number of aromatic amines is 1. The van der Waals surface area contributed by atoms with Crippen molar-refractivity contribution in [1.29, 1.82) is 0 Å². The minimum Gasteiger partial charge on any atom is -0.437 e. The number of nitrogens with one attached hydrogen (secondary N) is 1. The summed E-state index contributed by atoms with van der Waals surface area (Å²) in [6, 6.07) is 17.4. The SMILES string of the molecule is c1ccc(-n2c(-c3cnon3)nc3cnc(Oc4cccc5[nH]cnc45)cc32)cc1. The number of nitrogens with zero attached hydrogens (tertiary/aromatic N) is 6. The van der Waals surface area contributed by atoms with Crippen molar-refractivity contribution in [2.45, 2.75) is 0 Å². The smallest absolute Gasteiger partial charge is 0.221 e. The molecule has 0 fully saturated rings. The summed E-state index contributed by atoms with van der Waals surface area (Å²) in [5, 5.41) is 7.66. The molecule has 0 saturated heterocycles. The summed E-state index contributed by atoms with van der Waals surface area (Å²) in [7, 11) is 0. The van der Waals surface area contributed by atoms with Crippen molar-refractivity contribution in [2.24, 2.45) is 0 Å². The monoisotopic (exact) mass is 395 g/mol. The molecule has 0 amide bonds. The van der Waals surface area contributed by atoms with Crippen LogP contribution in [-0.4, -0.2) is 34.8 Å². The molecule has 1 N–H and O–H groups in total. The van der Waals surface area contributed by atoms with Crippen molar-refractivity contribution in [3.63, 3.8) is 0 Å². The number of hydrogen-bond acceptors (Lipinski definition) is 7. The molecule has 0 atom stereocenters. The van der Waals surface area contributed by atoms with Gasteiger partial charge in [0.15, 0.2) is 17.3 Å². The van der Waals surface area contributed by atoms with Crippen LogP contribution in [-0.2, 0) is 0 Å². The first-order valence-electron chi connectivity index (χ1n) is 9.18. The maximum Gasteiger partial charge on any atom is 0.221 e. The lowest BCUT2D eigenvalue weighted by atomic mass is 10.3. The Hall–Kier alpha value is -4.53. The first-order valence-corrected chi connectivity index (χ1v) is 9.18. The lowest BCUT2D eigenvalue weighted by molar-refractivity contribution is 0.308. The Labute approximate surface area is 169 Å². The molecule has 0 aliphatic carbocycles. The highest BCUT2D eigenvalue weighted by Gasteiger charge is 2.18. The first kappa shape index (κ1) is 16.4. The number of aromatic nitrogens is 7. The predicted octanol–water partition coefficient (Wildman–Crippen LogP) is 4.14. The third-order valence-electron chi connectivity index (χ3n) is 4.75. The van der Waals surface area contributed by atoms with Crippen LogP contribution >= 0.6 is 0 Å². The van der Waals surface area contributed by atoms with Gasteiger partial charge in [-0.3, -0.25) is 4.57 Å². The number of pyridine rings is 1. The Morgan fingerprint density at radius 2 is 1.90 bits per heavy atom. The number of fused-ring (bicyclic) bond motifs is 2. The van der Waals surface area contributed by atoms with Crippen molar-refractivity contribution >= 4 is 22.1 Å². The van der Waals surface area contributed by atoms with Crippen LogP contribution in [0.25, 0.3) is 39.3 Å². The van der Waals surface area contributed by atoms with Gasteiger partial charge in [-0.2, -0.15) is 0 Å². The largest absolute Gasteiger partial charge is 0.437 e. The van der Waals surface area contributed by atoms with E-state index in [4.69, 9.17) is 9.37 Å². The Morgan fingerprint density at radius 3 is 2.77 bits per heavy atom. The van der Waals surface area contributed by atoms with Gasteiger partial charge in [-0.05, 0) is 29.4 Å². The van der Waals surface area contributed by atoms with Crippen molar-refractivity contribution < 1.29 is 9.37 Å². The maximum atomic E-state index is 6.07. The zero-order chi connectivity index (χ0) is 19.9. The van der Waals surface area contributed by atoms with Gasteiger partial charge >= 0.3 is 0 Å². The Morgan fingerprint density at radius 1 is 0.967 bits per heavy atom. The van der Waals surface area contributed by atoms with Gasteiger partial charge in [0, 0.05) is 11.8 Å². The molecule has 6 aromatic rings. The van der Waals surface area contributed by atoms with Gasteiger partial charge in [-0.1, -0.05) is 29.4 Å². The van der Waals surface area contributed by atoms with E-state index in [9.17, 15) is 0 Å². The summed E-state index contributed by atoms with van der Waals surface area (Å²) in [5.41, 5.74) is 4.60. The van der Waals surface area contributed by atoms with Crippen LogP contribution in [0.3, 0.4) is 0 Å². The summed E-state index contributed by atoms with van der Waals surface area (Å²) >= 11 is 0. The molecule has 6 rings (SSSR count). The van der Waals surface area contributed by atoms with Gasteiger partial charge in [0.1, 0.15) is 17.2 Å².